The van der Waals surface area contributed by atoms with Gasteiger partial charge < -0.3 is 16.2 Å². The van der Waals surface area contributed by atoms with Crippen LogP contribution in [-0.4, -0.2) is 18.3 Å². The van der Waals surface area contributed by atoms with Crippen LogP contribution in [0.25, 0.3) is 0 Å². The summed E-state index contributed by atoms with van der Waals surface area (Å²) in [4.78, 5) is 10.7. The highest BCUT2D eigenvalue weighted by molar-refractivity contribution is 5.87. The second kappa shape index (κ2) is 7.56. The first-order valence-electron chi connectivity index (χ1n) is 6.96. The molecule has 1 aromatic rings. The Kier molecular flexibility index (Phi) is 6.07. The summed E-state index contributed by atoms with van der Waals surface area (Å²) in [5, 5.41) is 7.73. The van der Waals surface area contributed by atoms with Gasteiger partial charge in [0.2, 0.25) is 11.8 Å². The predicted octanol–water partition coefficient (Wildman–Crippen LogP) is 2.27. The molecule has 1 rings (SSSR count). The van der Waals surface area contributed by atoms with Gasteiger partial charge in [0.25, 0.3) is 0 Å². The lowest BCUT2D eigenvalue weighted by Crippen LogP contribution is -2.27. The van der Waals surface area contributed by atoms with Gasteiger partial charge >= 0.3 is 0 Å². The summed E-state index contributed by atoms with van der Waals surface area (Å²) >= 11 is 0. The summed E-state index contributed by atoms with van der Waals surface area (Å²) in [5.41, 5.74) is 12.3. The molecule has 0 radical (unpaired) electrons. The molecule has 0 aliphatic carbocycles. The molecular weight excluding hydrogens is 278 g/mol. The van der Waals surface area contributed by atoms with Crippen molar-refractivity contribution in [3.63, 3.8) is 0 Å². The van der Waals surface area contributed by atoms with Crippen molar-refractivity contribution >= 4 is 11.8 Å². The fourth-order valence-electron chi connectivity index (χ4n) is 1.73. The number of allylic oxidation sites excluding steroid dienone is 1. The molecule has 0 aliphatic rings. The van der Waals surface area contributed by atoms with Gasteiger partial charge in [-0.25, -0.2) is 0 Å². The van der Waals surface area contributed by atoms with Crippen molar-refractivity contribution in [2.75, 3.05) is 6.54 Å². The lowest BCUT2D eigenvalue weighted by Gasteiger charge is -2.23. The highest BCUT2D eigenvalue weighted by Gasteiger charge is 2.18. The van der Waals surface area contributed by atoms with E-state index in [9.17, 15) is 4.79 Å². The Labute approximate surface area is 131 Å². The van der Waals surface area contributed by atoms with Crippen LogP contribution in [0.4, 0.5) is 0 Å². The van der Waals surface area contributed by atoms with Crippen LogP contribution >= 0.6 is 0 Å². The second-order valence-corrected chi connectivity index (χ2v) is 5.71. The number of carbonyl (C=O) groups is 1. The number of nitrogens with two attached hydrogens (primary N) is 2. The number of rotatable bonds is 7. The Morgan fingerprint density at radius 3 is 2.41 bits per heavy atom. The van der Waals surface area contributed by atoms with Gasteiger partial charge in [0.05, 0.1) is 6.42 Å². The quantitative estimate of drug-likeness (QED) is 0.409. The van der Waals surface area contributed by atoms with Crippen LogP contribution in [0.15, 0.2) is 48.6 Å². The van der Waals surface area contributed by atoms with Gasteiger partial charge in [-0.15, -0.1) is 0 Å². The van der Waals surface area contributed by atoms with Gasteiger partial charge in [0.1, 0.15) is 5.75 Å². The number of hydrogen-bond donors (Lipinski definition) is 3. The molecule has 0 atom stereocenters. The highest BCUT2D eigenvalue weighted by Crippen LogP contribution is 2.24. The first kappa shape index (κ1) is 17.7. The van der Waals surface area contributed by atoms with Gasteiger partial charge in [0.15, 0.2) is 0 Å². The maximum Gasteiger partial charge on any atom is 0.221 e. The van der Waals surface area contributed by atoms with Crippen molar-refractivity contribution in [1.82, 2.24) is 0 Å². The van der Waals surface area contributed by atoms with Gasteiger partial charge in [-0.05, 0) is 23.3 Å². The van der Waals surface area contributed by atoms with Crippen molar-refractivity contribution in [3.8, 4) is 5.75 Å². The minimum absolute atomic E-state index is 0.0449. The fraction of sp³-hybridized carbons (Fsp3) is 0.294. The first-order chi connectivity index (χ1) is 10.2. The molecule has 5 nitrogen and oxygen atoms in total. The number of nitrogens with one attached hydrogen (secondary N) is 1. The molecule has 118 valence electrons. The van der Waals surface area contributed by atoms with E-state index in [0.29, 0.717) is 17.9 Å². The molecule has 22 heavy (non-hydrogen) atoms. The molecule has 0 heterocycles. The Bertz CT molecular complexity index is 586. The molecule has 1 amide bonds. The number of benzene rings is 1. The molecule has 0 fully saturated rings. The lowest BCUT2D eigenvalue weighted by molar-refractivity contribution is -0.117. The average Bonchev–Trinajstić information content (AvgIpc) is 2.45. The third-order valence-electron chi connectivity index (χ3n) is 3.25. The van der Waals surface area contributed by atoms with Crippen LogP contribution in [0.2, 0.25) is 0 Å². The SMILES string of the molecule is C=C(/C=C\C(=N)Oc1ccc(C(C)(C)CN)cc1)CC(N)=O. The summed E-state index contributed by atoms with van der Waals surface area (Å²) in [6, 6.07) is 7.47. The van der Waals surface area contributed by atoms with E-state index in [4.69, 9.17) is 21.6 Å². The van der Waals surface area contributed by atoms with Crippen LogP contribution < -0.4 is 16.2 Å². The average molecular weight is 301 g/mol. The zero-order valence-electron chi connectivity index (χ0n) is 13.1. The van der Waals surface area contributed by atoms with Crippen LogP contribution in [0.5, 0.6) is 5.75 Å². The van der Waals surface area contributed by atoms with E-state index in [2.05, 4.69) is 20.4 Å². The Hall–Kier alpha value is -2.40. The molecule has 0 saturated heterocycles. The first-order valence-corrected chi connectivity index (χ1v) is 6.96. The number of amides is 1. The molecular formula is C17H23N3O2. The van der Waals surface area contributed by atoms with Gasteiger partial charge in [-0.3, -0.25) is 10.2 Å². The molecule has 1 aromatic carbocycles. The number of carbonyl (C=O) groups excluding carboxylic acids is 1. The molecule has 0 spiro atoms. The normalized spacial score (nSPS) is 11.4. The Balaban J connectivity index is 2.64. The highest BCUT2D eigenvalue weighted by atomic mass is 16.5. The standard InChI is InChI=1S/C17H23N3O2/c1-12(10-15(19)21)4-9-16(20)22-14-7-5-13(6-8-14)17(2,3)11-18/h4-9,20H,1,10-11,18H2,2-3H3,(H2,19,21)/b9-4-,20-16?. The summed E-state index contributed by atoms with van der Waals surface area (Å²) in [5.74, 6) is 0.0587. The molecule has 0 unspecified atom stereocenters. The van der Waals surface area contributed by atoms with E-state index in [0.717, 1.165) is 5.56 Å². The minimum Gasteiger partial charge on any atom is -0.440 e. The topological polar surface area (TPSA) is 102 Å². The van der Waals surface area contributed by atoms with E-state index in [1.165, 1.54) is 6.08 Å². The van der Waals surface area contributed by atoms with E-state index in [-0.39, 0.29) is 17.7 Å². The van der Waals surface area contributed by atoms with Crippen LogP contribution in [0.1, 0.15) is 25.8 Å². The molecule has 0 aliphatic heterocycles. The second-order valence-electron chi connectivity index (χ2n) is 5.71. The zero-order chi connectivity index (χ0) is 16.8. The maximum absolute atomic E-state index is 10.7. The summed E-state index contributed by atoms with van der Waals surface area (Å²) in [6.07, 6.45) is 3.04. The number of ether oxygens (including phenoxy) is 1. The molecule has 0 saturated carbocycles. The lowest BCUT2D eigenvalue weighted by atomic mass is 9.85. The smallest absolute Gasteiger partial charge is 0.221 e. The van der Waals surface area contributed by atoms with Crippen molar-refractivity contribution < 1.29 is 9.53 Å². The molecule has 5 heteroatoms. The van der Waals surface area contributed by atoms with E-state index < -0.39 is 5.91 Å². The predicted molar refractivity (Wildman–Crippen MR) is 89.0 cm³/mol. The zero-order valence-corrected chi connectivity index (χ0v) is 13.1. The summed E-state index contributed by atoms with van der Waals surface area (Å²) in [6.45, 7) is 8.35. The molecule has 5 N–H and O–H groups in total. The third kappa shape index (κ3) is 5.54. The minimum atomic E-state index is -0.458. The van der Waals surface area contributed by atoms with Crippen LogP contribution in [0.3, 0.4) is 0 Å². The maximum atomic E-state index is 10.7. The Morgan fingerprint density at radius 1 is 1.32 bits per heavy atom. The summed E-state index contributed by atoms with van der Waals surface area (Å²) < 4.78 is 5.38. The largest absolute Gasteiger partial charge is 0.440 e. The van der Waals surface area contributed by atoms with Crippen molar-refractivity contribution in [1.29, 1.82) is 5.41 Å². The van der Waals surface area contributed by atoms with Crippen molar-refractivity contribution in [2.24, 2.45) is 11.5 Å². The van der Waals surface area contributed by atoms with Gasteiger partial charge in [-0.1, -0.05) is 38.6 Å². The van der Waals surface area contributed by atoms with Gasteiger partial charge in [0, 0.05) is 18.0 Å². The van der Waals surface area contributed by atoms with Crippen LogP contribution in [0, 0.1) is 5.41 Å². The molecule has 0 aromatic heterocycles. The van der Waals surface area contributed by atoms with Crippen molar-refractivity contribution in [2.45, 2.75) is 25.7 Å². The van der Waals surface area contributed by atoms with Crippen LogP contribution in [-0.2, 0) is 10.2 Å². The van der Waals surface area contributed by atoms with E-state index in [1.54, 1.807) is 18.2 Å². The molecule has 0 bridgehead atoms. The fourth-order valence-corrected chi connectivity index (χ4v) is 1.73. The van der Waals surface area contributed by atoms with E-state index in [1.807, 2.05) is 12.1 Å². The van der Waals surface area contributed by atoms with Gasteiger partial charge in [-0.2, -0.15) is 0 Å². The van der Waals surface area contributed by atoms with E-state index >= 15 is 0 Å². The monoisotopic (exact) mass is 301 g/mol. The number of hydrogen-bond acceptors (Lipinski definition) is 4. The Morgan fingerprint density at radius 2 is 1.91 bits per heavy atom. The van der Waals surface area contributed by atoms with Crippen molar-refractivity contribution in [3.05, 3.63) is 54.1 Å². The number of primary amides is 1. The third-order valence-corrected chi connectivity index (χ3v) is 3.25. The summed E-state index contributed by atoms with van der Waals surface area (Å²) in [7, 11) is 0.